The number of carbonyl (C=O) groups excluding carboxylic acids is 1. The van der Waals surface area contributed by atoms with Gasteiger partial charge in [0.2, 0.25) is 5.88 Å². The van der Waals surface area contributed by atoms with Gasteiger partial charge in [-0.25, -0.2) is 4.98 Å². The third kappa shape index (κ3) is 4.62. The first-order valence-corrected chi connectivity index (χ1v) is 9.11. The van der Waals surface area contributed by atoms with E-state index in [0.717, 1.165) is 16.8 Å². The van der Waals surface area contributed by atoms with Gasteiger partial charge in [-0.1, -0.05) is 18.2 Å². The number of carbonyl (C=O) groups is 1. The van der Waals surface area contributed by atoms with E-state index in [4.69, 9.17) is 4.74 Å². The third-order valence-corrected chi connectivity index (χ3v) is 4.24. The van der Waals surface area contributed by atoms with Gasteiger partial charge in [-0.15, -0.1) is 0 Å². The van der Waals surface area contributed by atoms with Crippen molar-refractivity contribution in [1.29, 1.82) is 0 Å². The zero-order valence-corrected chi connectivity index (χ0v) is 15.5. The van der Waals surface area contributed by atoms with E-state index >= 15 is 0 Å². The summed E-state index contributed by atoms with van der Waals surface area (Å²) in [6.07, 6.45) is 6.83. The van der Waals surface area contributed by atoms with E-state index in [0.29, 0.717) is 23.7 Å². The van der Waals surface area contributed by atoms with Gasteiger partial charge >= 0.3 is 0 Å². The number of ether oxygens (including phenoxy) is 1. The molecule has 0 fully saturated rings. The van der Waals surface area contributed by atoms with Crippen molar-refractivity contribution in [2.45, 2.75) is 6.54 Å². The zero-order valence-electron chi connectivity index (χ0n) is 15.5. The number of aromatic nitrogens is 3. The van der Waals surface area contributed by atoms with Gasteiger partial charge in [-0.2, -0.15) is 0 Å². The maximum Gasteiger partial charge on any atom is 0.251 e. The van der Waals surface area contributed by atoms with E-state index in [1.165, 1.54) is 0 Å². The molecule has 0 aliphatic carbocycles. The van der Waals surface area contributed by atoms with Crippen molar-refractivity contribution in [2.75, 3.05) is 0 Å². The smallest absolute Gasteiger partial charge is 0.251 e. The number of pyridine rings is 3. The average molecular weight is 382 g/mol. The second kappa shape index (κ2) is 8.75. The van der Waals surface area contributed by atoms with Crippen LogP contribution in [-0.4, -0.2) is 20.9 Å². The van der Waals surface area contributed by atoms with Crippen LogP contribution in [0.1, 0.15) is 15.9 Å². The molecule has 1 amide bonds. The lowest BCUT2D eigenvalue weighted by atomic mass is 10.1. The number of hydrogen-bond acceptors (Lipinski definition) is 5. The minimum Gasteiger partial charge on any atom is -0.439 e. The lowest BCUT2D eigenvalue weighted by Gasteiger charge is -2.11. The van der Waals surface area contributed by atoms with Gasteiger partial charge in [0.25, 0.3) is 5.91 Å². The average Bonchev–Trinajstić information content (AvgIpc) is 2.79. The Morgan fingerprint density at radius 2 is 1.72 bits per heavy atom. The van der Waals surface area contributed by atoms with Gasteiger partial charge < -0.3 is 10.1 Å². The number of rotatable bonds is 6. The van der Waals surface area contributed by atoms with Crippen LogP contribution in [0.4, 0.5) is 0 Å². The number of hydrogen-bond donors (Lipinski definition) is 1. The summed E-state index contributed by atoms with van der Waals surface area (Å²) in [6.45, 7) is 0.357. The fraction of sp³-hybridized carbons (Fsp3) is 0.0435. The van der Waals surface area contributed by atoms with Crippen molar-refractivity contribution in [3.63, 3.8) is 0 Å². The van der Waals surface area contributed by atoms with Crippen LogP contribution in [-0.2, 0) is 6.54 Å². The van der Waals surface area contributed by atoms with Crippen LogP contribution >= 0.6 is 0 Å². The molecule has 0 atom stereocenters. The Kier molecular flexibility index (Phi) is 5.53. The summed E-state index contributed by atoms with van der Waals surface area (Å²) in [7, 11) is 0. The summed E-state index contributed by atoms with van der Waals surface area (Å²) in [5, 5.41) is 2.95. The maximum atomic E-state index is 12.7. The highest BCUT2D eigenvalue weighted by atomic mass is 16.5. The molecule has 6 heteroatoms. The van der Waals surface area contributed by atoms with Gasteiger partial charge in [0, 0.05) is 48.5 Å². The standard InChI is InChI=1S/C23H18N4O2/c28-23(18-5-3-7-20(15-18)29-21-8-1-2-11-25-21)27-16-19-6-4-12-26-22(19)17-9-13-24-14-10-17/h1-15H,16H2,(H,27,28). The minimum atomic E-state index is -0.194. The first-order valence-electron chi connectivity index (χ1n) is 9.11. The maximum absolute atomic E-state index is 12.7. The van der Waals surface area contributed by atoms with E-state index in [1.54, 1.807) is 55.1 Å². The Hall–Kier alpha value is -4.06. The quantitative estimate of drug-likeness (QED) is 0.539. The van der Waals surface area contributed by atoms with Crippen LogP contribution in [0.15, 0.2) is 91.5 Å². The van der Waals surface area contributed by atoms with Crippen molar-refractivity contribution in [1.82, 2.24) is 20.3 Å². The molecule has 0 saturated carbocycles. The van der Waals surface area contributed by atoms with Gasteiger partial charge in [-0.05, 0) is 48.0 Å². The largest absolute Gasteiger partial charge is 0.439 e. The second-order valence-electron chi connectivity index (χ2n) is 6.23. The predicted molar refractivity (Wildman–Crippen MR) is 109 cm³/mol. The molecular formula is C23H18N4O2. The fourth-order valence-corrected chi connectivity index (χ4v) is 2.86. The Morgan fingerprint density at radius 1 is 0.862 bits per heavy atom. The second-order valence-corrected chi connectivity index (χ2v) is 6.23. The molecule has 0 unspecified atom stereocenters. The van der Waals surface area contributed by atoms with Crippen molar-refractivity contribution >= 4 is 5.91 Å². The molecule has 1 aromatic carbocycles. The van der Waals surface area contributed by atoms with Gasteiger partial charge in [-0.3, -0.25) is 14.8 Å². The van der Waals surface area contributed by atoms with Crippen molar-refractivity contribution in [3.8, 4) is 22.9 Å². The summed E-state index contributed by atoms with van der Waals surface area (Å²) in [4.78, 5) is 25.3. The Balaban J connectivity index is 1.47. The molecule has 4 rings (SSSR count). The zero-order chi connectivity index (χ0) is 19.9. The molecular weight excluding hydrogens is 364 g/mol. The SMILES string of the molecule is O=C(NCc1cccnc1-c1ccncc1)c1cccc(Oc2ccccn2)c1. The molecule has 0 spiro atoms. The molecule has 0 aliphatic heterocycles. The number of amides is 1. The molecule has 0 aliphatic rings. The summed E-state index contributed by atoms with van der Waals surface area (Å²) in [5.74, 6) is 0.832. The Labute approximate surface area is 168 Å². The fourth-order valence-electron chi connectivity index (χ4n) is 2.86. The summed E-state index contributed by atoms with van der Waals surface area (Å²) in [6, 6.07) is 20.0. The van der Waals surface area contributed by atoms with E-state index in [9.17, 15) is 4.79 Å². The molecule has 0 radical (unpaired) electrons. The molecule has 29 heavy (non-hydrogen) atoms. The molecule has 3 aromatic heterocycles. The normalized spacial score (nSPS) is 10.3. The van der Waals surface area contributed by atoms with E-state index in [2.05, 4.69) is 20.3 Å². The molecule has 6 nitrogen and oxygen atoms in total. The van der Waals surface area contributed by atoms with Crippen LogP contribution < -0.4 is 10.1 Å². The first kappa shape index (κ1) is 18.3. The highest BCUT2D eigenvalue weighted by molar-refractivity contribution is 5.94. The van der Waals surface area contributed by atoms with Crippen LogP contribution in [0.5, 0.6) is 11.6 Å². The van der Waals surface area contributed by atoms with Crippen molar-refractivity contribution in [3.05, 3.63) is 103 Å². The molecule has 3 heterocycles. The third-order valence-electron chi connectivity index (χ3n) is 4.24. The van der Waals surface area contributed by atoms with Gasteiger partial charge in [0.1, 0.15) is 5.75 Å². The lowest BCUT2D eigenvalue weighted by Crippen LogP contribution is -2.23. The van der Waals surface area contributed by atoms with Crippen molar-refractivity contribution < 1.29 is 9.53 Å². The molecule has 142 valence electrons. The van der Waals surface area contributed by atoms with E-state index in [-0.39, 0.29) is 5.91 Å². The van der Waals surface area contributed by atoms with Crippen LogP contribution in [0, 0.1) is 0 Å². The number of nitrogens with one attached hydrogen (secondary N) is 1. The van der Waals surface area contributed by atoms with E-state index < -0.39 is 0 Å². The Bertz CT molecular complexity index is 1100. The van der Waals surface area contributed by atoms with Gasteiger partial charge in [0.15, 0.2) is 0 Å². The van der Waals surface area contributed by atoms with Crippen molar-refractivity contribution in [2.24, 2.45) is 0 Å². The highest BCUT2D eigenvalue weighted by Crippen LogP contribution is 2.22. The molecule has 0 bridgehead atoms. The van der Waals surface area contributed by atoms with Gasteiger partial charge in [0.05, 0.1) is 5.69 Å². The molecule has 1 N–H and O–H groups in total. The number of nitrogens with zero attached hydrogens (tertiary/aromatic N) is 3. The summed E-state index contributed by atoms with van der Waals surface area (Å²) < 4.78 is 5.70. The topological polar surface area (TPSA) is 77.0 Å². The van der Waals surface area contributed by atoms with Crippen LogP contribution in [0.25, 0.3) is 11.3 Å². The lowest BCUT2D eigenvalue weighted by molar-refractivity contribution is 0.0950. The monoisotopic (exact) mass is 382 g/mol. The Morgan fingerprint density at radius 3 is 2.55 bits per heavy atom. The number of benzene rings is 1. The predicted octanol–water partition coefficient (Wildman–Crippen LogP) is 4.26. The summed E-state index contributed by atoms with van der Waals surface area (Å²) in [5.41, 5.74) is 3.21. The molecule has 4 aromatic rings. The first-order chi connectivity index (χ1) is 14.3. The van der Waals surface area contributed by atoms with E-state index in [1.807, 2.05) is 36.4 Å². The highest BCUT2D eigenvalue weighted by Gasteiger charge is 2.10. The summed E-state index contributed by atoms with van der Waals surface area (Å²) >= 11 is 0. The van der Waals surface area contributed by atoms with Crippen LogP contribution in [0.3, 0.4) is 0 Å². The van der Waals surface area contributed by atoms with Crippen LogP contribution in [0.2, 0.25) is 0 Å². The molecule has 0 saturated heterocycles. The minimum absolute atomic E-state index is 0.194.